The molecule has 0 radical (unpaired) electrons. The van der Waals surface area contributed by atoms with Crippen LogP contribution in [0.4, 0.5) is 0 Å². The van der Waals surface area contributed by atoms with Crippen LogP contribution in [-0.2, 0) is 19.5 Å². The van der Waals surface area contributed by atoms with Crippen LogP contribution in [0.3, 0.4) is 0 Å². The van der Waals surface area contributed by atoms with Gasteiger partial charge in [0.05, 0.1) is 0 Å². The summed E-state index contributed by atoms with van der Waals surface area (Å²) in [4.78, 5) is 0. The molecule has 0 N–H and O–H groups in total. The van der Waals surface area contributed by atoms with Crippen LogP contribution in [0.5, 0.6) is 0 Å². The number of halogens is 2. The molecule has 0 heterocycles. The Morgan fingerprint density at radius 1 is 1.44 bits per heavy atom. The van der Waals surface area contributed by atoms with Crippen molar-refractivity contribution in [3.63, 3.8) is 0 Å². The van der Waals surface area contributed by atoms with Gasteiger partial charge in [0.1, 0.15) is 0 Å². The normalized spacial score (nSPS) is 6.78. The molecule has 1 aromatic carbocycles. The van der Waals surface area contributed by atoms with Gasteiger partial charge in [-0.25, -0.2) is 0 Å². The number of hydrogen-bond acceptors (Lipinski definition) is 0. The molecular formula is C6H4Br2Zn. The second-order valence-electron chi connectivity index (χ2n) is 1.22. The Morgan fingerprint density at radius 3 is 2.33 bits per heavy atom. The van der Waals surface area contributed by atoms with Crippen molar-refractivity contribution in [1.82, 2.24) is 0 Å². The van der Waals surface area contributed by atoms with Crippen molar-refractivity contribution in [3.05, 3.63) is 34.8 Å². The molecule has 0 unspecified atom stereocenters. The summed E-state index contributed by atoms with van der Waals surface area (Å²) < 4.78 is 1.08. The van der Waals surface area contributed by atoms with Gasteiger partial charge in [-0.05, 0) is 0 Å². The maximum Gasteiger partial charge on any atom is 2.00 e. The van der Waals surface area contributed by atoms with Gasteiger partial charge in [0.15, 0.2) is 0 Å². The fourth-order valence-corrected chi connectivity index (χ4v) is 0.656. The zero-order chi connectivity index (χ0) is 5.11. The fourth-order valence-electron chi connectivity index (χ4n) is 0.371. The Morgan fingerprint density at radius 2 is 2.11 bits per heavy atom. The van der Waals surface area contributed by atoms with E-state index in [9.17, 15) is 0 Å². The van der Waals surface area contributed by atoms with Gasteiger partial charge in [0.2, 0.25) is 0 Å². The molecule has 0 spiro atoms. The Balaban J connectivity index is 0. The minimum atomic E-state index is 0. The summed E-state index contributed by atoms with van der Waals surface area (Å²) in [5.74, 6) is 0. The number of hydrogen-bond donors (Lipinski definition) is 0. The third kappa shape index (κ3) is 5.26. The molecule has 9 heavy (non-hydrogen) atoms. The van der Waals surface area contributed by atoms with Crippen LogP contribution >= 0.6 is 15.9 Å². The summed E-state index contributed by atoms with van der Waals surface area (Å²) in [6.45, 7) is 0. The Kier molecular flexibility index (Phi) is 9.59. The summed E-state index contributed by atoms with van der Waals surface area (Å²) in [5.41, 5.74) is 0. The van der Waals surface area contributed by atoms with E-state index in [1.165, 1.54) is 0 Å². The predicted molar refractivity (Wildman–Crippen MR) is 33.0 cm³/mol. The molecule has 0 aliphatic heterocycles. The molecule has 0 amide bonds. The SMILES string of the molecule is Brc1c[c-]ccc1.[Br-].[Zn+2]. The molecule has 0 saturated carbocycles. The van der Waals surface area contributed by atoms with Crippen LogP contribution in [0.1, 0.15) is 0 Å². The van der Waals surface area contributed by atoms with Crippen LogP contribution in [0.15, 0.2) is 28.7 Å². The van der Waals surface area contributed by atoms with Gasteiger partial charge < -0.3 is 17.0 Å². The van der Waals surface area contributed by atoms with Crippen molar-refractivity contribution in [2.75, 3.05) is 0 Å². The number of rotatable bonds is 0. The zero-order valence-corrected chi connectivity index (χ0v) is 10.9. The van der Waals surface area contributed by atoms with E-state index in [1.807, 2.05) is 24.3 Å². The molecule has 0 saturated heterocycles. The van der Waals surface area contributed by atoms with E-state index in [2.05, 4.69) is 22.0 Å². The third-order valence-corrected chi connectivity index (χ3v) is 1.16. The molecule has 44 valence electrons. The predicted octanol–water partition coefficient (Wildman–Crippen LogP) is -0.749. The second-order valence-corrected chi connectivity index (χ2v) is 2.14. The minimum absolute atomic E-state index is 0. The zero-order valence-electron chi connectivity index (χ0n) is 4.77. The van der Waals surface area contributed by atoms with E-state index in [0.29, 0.717) is 0 Å². The Labute approximate surface area is 86.7 Å². The maximum atomic E-state index is 3.28. The first-order valence-electron chi connectivity index (χ1n) is 2.01. The van der Waals surface area contributed by atoms with Crippen molar-refractivity contribution in [3.8, 4) is 0 Å². The van der Waals surface area contributed by atoms with E-state index < -0.39 is 0 Å². The monoisotopic (exact) mass is 298 g/mol. The maximum absolute atomic E-state index is 3.28. The van der Waals surface area contributed by atoms with Gasteiger partial charge in [-0.2, -0.15) is 30.3 Å². The van der Waals surface area contributed by atoms with E-state index in [-0.39, 0.29) is 36.5 Å². The van der Waals surface area contributed by atoms with Crippen LogP contribution in [-0.4, -0.2) is 0 Å². The summed E-state index contributed by atoms with van der Waals surface area (Å²) in [5, 5.41) is 0. The molecule has 1 rings (SSSR count). The van der Waals surface area contributed by atoms with Crippen molar-refractivity contribution < 1.29 is 36.5 Å². The largest absolute Gasteiger partial charge is 2.00 e. The first-order chi connectivity index (χ1) is 3.39. The van der Waals surface area contributed by atoms with Crippen molar-refractivity contribution in [2.45, 2.75) is 0 Å². The second kappa shape index (κ2) is 6.92. The van der Waals surface area contributed by atoms with E-state index in [1.54, 1.807) is 0 Å². The first kappa shape index (κ1) is 12.5. The molecule has 0 nitrogen and oxygen atoms in total. The summed E-state index contributed by atoms with van der Waals surface area (Å²) in [6, 6.07) is 10.6. The average Bonchev–Trinajstić information content (AvgIpc) is 1.69. The van der Waals surface area contributed by atoms with Crippen LogP contribution in [0.25, 0.3) is 0 Å². The van der Waals surface area contributed by atoms with Gasteiger partial charge in [-0.15, -0.1) is 15.9 Å². The molecular weight excluding hydrogens is 297 g/mol. The van der Waals surface area contributed by atoms with E-state index in [0.717, 1.165) is 4.47 Å². The van der Waals surface area contributed by atoms with Crippen LogP contribution < -0.4 is 17.0 Å². The average molecular weight is 301 g/mol. The quantitative estimate of drug-likeness (QED) is 0.437. The molecule has 0 bridgehead atoms. The molecule has 1 aromatic rings. The summed E-state index contributed by atoms with van der Waals surface area (Å²) >= 11 is 3.28. The van der Waals surface area contributed by atoms with Gasteiger partial charge in [-0.1, -0.05) is 4.47 Å². The standard InChI is InChI=1S/C6H4Br.BrH.Zn/c7-6-4-2-1-3-5-6;;/h1-2,4-5H;1H;/q-1;;+2/p-1. The van der Waals surface area contributed by atoms with Gasteiger partial charge >= 0.3 is 19.5 Å². The van der Waals surface area contributed by atoms with Gasteiger partial charge in [0, 0.05) is 0 Å². The van der Waals surface area contributed by atoms with E-state index in [4.69, 9.17) is 0 Å². The van der Waals surface area contributed by atoms with Gasteiger partial charge in [-0.3, -0.25) is 0 Å². The topological polar surface area (TPSA) is 0 Å². The molecule has 0 atom stereocenters. The van der Waals surface area contributed by atoms with Crippen molar-refractivity contribution >= 4 is 15.9 Å². The van der Waals surface area contributed by atoms with Gasteiger partial charge in [0.25, 0.3) is 0 Å². The minimum Gasteiger partial charge on any atom is -1.00 e. The molecule has 0 aliphatic rings. The third-order valence-electron chi connectivity index (χ3n) is 0.669. The van der Waals surface area contributed by atoms with Crippen LogP contribution in [0, 0.1) is 6.07 Å². The Hall–Kier alpha value is 0.803. The van der Waals surface area contributed by atoms with Crippen molar-refractivity contribution in [1.29, 1.82) is 0 Å². The fraction of sp³-hybridized carbons (Fsp3) is 0. The molecule has 0 fully saturated rings. The first-order valence-corrected chi connectivity index (χ1v) is 2.80. The summed E-state index contributed by atoms with van der Waals surface area (Å²) in [7, 11) is 0. The molecule has 0 aromatic heterocycles. The smallest absolute Gasteiger partial charge is 1.00 e. The summed E-state index contributed by atoms with van der Waals surface area (Å²) in [6.07, 6.45) is 0. The van der Waals surface area contributed by atoms with Crippen LogP contribution in [0.2, 0.25) is 0 Å². The molecule has 0 aliphatic carbocycles. The van der Waals surface area contributed by atoms with E-state index >= 15 is 0 Å². The Bertz CT molecular complexity index is 141. The molecule has 3 heteroatoms. The van der Waals surface area contributed by atoms with Crippen molar-refractivity contribution in [2.24, 2.45) is 0 Å². The number of benzene rings is 1.